The fraction of sp³-hybridized carbons (Fsp3) is 0.923. The number of hydrogen-bond donors (Lipinski definition) is 1. The highest BCUT2D eigenvalue weighted by atomic mass is 16.4. The van der Waals surface area contributed by atoms with Gasteiger partial charge >= 0.3 is 5.97 Å². The maximum Gasteiger partial charge on any atom is 0.305 e. The minimum atomic E-state index is -0.631. The van der Waals surface area contributed by atoms with Crippen molar-refractivity contribution in [3.8, 4) is 0 Å². The topological polar surface area (TPSA) is 40.5 Å². The van der Waals surface area contributed by atoms with Gasteiger partial charge in [0.05, 0.1) is 6.42 Å². The Morgan fingerprint density at radius 3 is 2.31 bits per heavy atom. The van der Waals surface area contributed by atoms with Gasteiger partial charge in [0.25, 0.3) is 0 Å². The van der Waals surface area contributed by atoms with Crippen LogP contribution in [0.4, 0.5) is 0 Å². The van der Waals surface area contributed by atoms with E-state index < -0.39 is 5.97 Å². The summed E-state index contributed by atoms with van der Waals surface area (Å²) in [6, 6.07) is 0.650. The average molecular weight is 225 g/mol. The monoisotopic (exact) mass is 225 g/mol. The zero-order valence-electron chi connectivity index (χ0n) is 10.2. The summed E-state index contributed by atoms with van der Waals surface area (Å²) in [5, 5.41) is 9.13. The van der Waals surface area contributed by atoms with E-state index in [0.717, 1.165) is 12.8 Å². The van der Waals surface area contributed by atoms with E-state index in [0.29, 0.717) is 12.5 Å². The lowest BCUT2D eigenvalue weighted by molar-refractivity contribution is -0.142. The predicted octanol–water partition coefficient (Wildman–Crippen LogP) is 2.65. The molecule has 2 aliphatic carbocycles. The summed E-state index contributed by atoms with van der Waals surface area (Å²) in [6.07, 6.45) is 10.0. The van der Waals surface area contributed by atoms with E-state index in [1.807, 2.05) is 0 Å². The van der Waals surface area contributed by atoms with Crippen LogP contribution in [0, 0.1) is 0 Å². The second kappa shape index (κ2) is 4.74. The van der Waals surface area contributed by atoms with Gasteiger partial charge in [-0.2, -0.15) is 0 Å². The van der Waals surface area contributed by atoms with Gasteiger partial charge in [0, 0.05) is 11.6 Å². The molecule has 0 radical (unpaired) electrons. The molecule has 0 bridgehead atoms. The van der Waals surface area contributed by atoms with Gasteiger partial charge in [-0.15, -0.1) is 0 Å². The lowest BCUT2D eigenvalue weighted by Gasteiger charge is -2.50. The zero-order valence-corrected chi connectivity index (χ0v) is 10.2. The molecule has 0 aromatic carbocycles. The first kappa shape index (κ1) is 11.9. The molecular formula is C13H23NO2. The summed E-state index contributed by atoms with van der Waals surface area (Å²) in [4.78, 5) is 13.5. The molecule has 0 aromatic rings. The van der Waals surface area contributed by atoms with Crippen LogP contribution in [0.15, 0.2) is 0 Å². The second-order valence-electron chi connectivity index (χ2n) is 5.55. The lowest BCUT2D eigenvalue weighted by atomic mass is 9.75. The Hall–Kier alpha value is -0.570. The Kier molecular flexibility index (Phi) is 3.53. The number of aliphatic carboxylic acids is 1. The van der Waals surface area contributed by atoms with Crippen molar-refractivity contribution in [2.24, 2.45) is 0 Å². The Labute approximate surface area is 97.8 Å². The molecule has 0 atom stereocenters. The van der Waals surface area contributed by atoms with E-state index in [-0.39, 0.29) is 5.54 Å². The molecule has 2 fully saturated rings. The Bertz CT molecular complexity index is 255. The molecule has 0 aliphatic heterocycles. The molecule has 16 heavy (non-hydrogen) atoms. The van der Waals surface area contributed by atoms with Gasteiger partial charge in [-0.05, 0) is 32.7 Å². The molecule has 92 valence electrons. The number of carboxylic acid groups (broad SMARTS) is 1. The highest BCUT2D eigenvalue weighted by Gasteiger charge is 2.42. The van der Waals surface area contributed by atoms with Crippen LogP contribution in [0.3, 0.4) is 0 Å². The van der Waals surface area contributed by atoms with E-state index in [1.165, 1.54) is 38.5 Å². The minimum Gasteiger partial charge on any atom is -0.481 e. The molecule has 2 aliphatic rings. The summed E-state index contributed by atoms with van der Waals surface area (Å²) < 4.78 is 0. The summed E-state index contributed by atoms with van der Waals surface area (Å²) in [5.41, 5.74) is -0.0326. The van der Waals surface area contributed by atoms with Gasteiger partial charge in [0.15, 0.2) is 0 Å². The number of carboxylic acids is 1. The normalized spacial score (nSPS) is 25.4. The molecule has 2 rings (SSSR count). The maximum atomic E-state index is 11.1. The third kappa shape index (κ3) is 2.24. The van der Waals surface area contributed by atoms with Crippen molar-refractivity contribution in [2.45, 2.75) is 69.4 Å². The largest absolute Gasteiger partial charge is 0.481 e. The van der Waals surface area contributed by atoms with Crippen molar-refractivity contribution >= 4 is 5.97 Å². The average Bonchev–Trinajstić information content (AvgIpc) is 2.15. The highest BCUT2D eigenvalue weighted by molar-refractivity contribution is 5.68. The number of carbonyl (C=O) groups is 1. The summed E-state index contributed by atoms with van der Waals surface area (Å²) in [7, 11) is 2.15. The van der Waals surface area contributed by atoms with E-state index >= 15 is 0 Å². The van der Waals surface area contributed by atoms with Crippen LogP contribution in [0.25, 0.3) is 0 Å². The number of hydrogen-bond acceptors (Lipinski definition) is 2. The zero-order chi connectivity index (χ0) is 11.6. The fourth-order valence-corrected chi connectivity index (χ4v) is 3.31. The Morgan fingerprint density at radius 1 is 1.25 bits per heavy atom. The standard InChI is InChI=1S/C13H23NO2/c1-14(11-6-5-7-11)13(10-12(15)16)8-3-2-4-9-13/h11H,2-10H2,1H3,(H,15,16). The van der Waals surface area contributed by atoms with E-state index in [1.54, 1.807) is 0 Å². The fourth-order valence-electron chi connectivity index (χ4n) is 3.31. The molecule has 3 nitrogen and oxygen atoms in total. The molecule has 1 N–H and O–H groups in total. The second-order valence-corrected chi connectivity index (χ2v) is 5.55. The SMILES string of the molecule is CN(C1CCC1)C1(CC(=O)O)CCCCC1. The third-order valence-electron chi connectivity index (χ3n) is 4.64. The van der Waals surface area contributed by atoms with Gasteiger partial charge in [0.1, 0.15) is 0 Å². The highest BCUT2D eigenvalue weighted by Crippen LogP contribution is 2.40. The van der Waals surface area contributed by atoms with E-state index in [9.17, 15) is 4.79 Å². The first-order valence-corrected chi connectivity index (χ1v) is 6.59. The molecule has 0 aromatic heterocycles. The van der Waals surface area contributed by atoms with Crippen LogP contribution in [0.2, 0.25) is 0 Å². The lowest BCUT2D eigenvalue weighted by Crippen LogP contribution is -2.55. The van der Waals surface area contributed by atoms with Gasteiger partial charge in [-0.1, -0.05) is 25.7 Å². The Balaban J connectivity index is 2.07. The molecular weight excluding hydrogens is 202 g/mol. The smallest absolute Gasteiger partial charge is 0.305 e. The molecule has 3 heteroatoms. The van der Waals surface area contributed by atoms with Gasteiger partial charge in [-0.3, -0.25) is 9.69 Å². The molecule has 0 spiro atoms. The predicted molar refractivity (Wildman–Crippen MR) is 63.5 cm³/mol. The molecule has 2 saturated carbocycles. The Morgan fingerprint density at radius 2 is 1.88 bits per heavy atom. The summed E-state index contributed by atoms with van der Waals surface area (Å²) in [6.45, 7) is 0. The molecule has 0 amide bonds. The van der Waals surface area contributed by atoms with Crippen LogP contribution in [0.5, 0.6) is 0 Å². The molecule has 0 heterocycles. The molecule has 0 unspecified atom stereocenters. The molecule has 0 saturated heterocycles. The van der Waals surface area contributed by atoms with Crippen molar-refractivity contribution < 1.29 is 9.90 Å². The number of rotatable bonds is 4. The van der Waals surface area contributed by atoms with Crippen molar-refractivity contribution in [1.82, 2.24) is 4.90 Å². The van der Waals surface area contributed by atoms with Gasteiger partial charge in [0.2, 0.25) is 0 Å². The first-order chi connectivity index (χ1) is 7.64. The van der Waals surface area contributed by atoms with Crippen molar-refractivity contribution in [3.63, 3.8) is 0 Å². The van der Waals surface area contributed by atoms with Crippen LogP contribution in [-0.2, 0) is 4.79 Å². The van der Waals surface area contributed by atoms with Crippen LogP contribution < -0.4 is 0 Å². The van der Waals surface area contributed by atoms with Crippen molar-refractivity contribution in [1.29, 1.82) is 0 Å². The number of nitrogens with zero attached hydrogens (tertiary/aromatic N) is 1. The van der Waals surface area contributed by atoms with Crippen molar-refractivity contribution in [3.05, 3.63) is 0 Å². The van der Waals surface area contributed by atoms with Crippen LogP contribution in [0.1, 0.15) is 57.8 Å². The summed E-state index contributed by atoms with van der Waals surface area (Å²) >= 11 is 0. The van der Waals surface area contributed by atoms with E-state index in [4.69, 9.17) is 5.11 Å². The third-order valence-corrected chi connectivity index (χ3v) is 4.64. The van der Waals surface area contributed by atoms with Crippen LogP contribution >= 0.6 is 0 Å². The van der Waals surface area contributed by atoms with E-state index in [2.05, 4.69) is 11.9 Å². The quantitative estimate of drug-likeness (QED) is 0.799. The van der Waals surface area contributed by atoms with Gasteiger partial charge < -0.3 is 5.11 Å². The minimum absolute atomic E-state index is 0.0326. The summed E-state index contributed by atoms with van der Waals surface area (Å²) in [5.74, 6) is -0.631. The van der Waals surface area contributed by atoms with Crippen molar-refractivity contribution in [2.75, 3.05) is 7.05 Å². The maximum absolute atomic E-state index is 11.1. The first-order valence-electron chi connectivity index (χ1n) is 6.59. The van der Waals surface area contributed by atoms with Gasteiger partial charge in [-0.25, -0.2) is 0 Å². The van der Waals surface area contributed by atoms with Crippen LogP contribution in [-0.4, -0.2) is 34.6 Å².